The van der Waals surface area contributed by atoms with Gasteiger partial charge in [-0.1, -0.05) is 75.5 Å². The van der Waals surface area contributed by atoms with E-state index in [9.17, 15) is 0 Å². The van der Waals surface area contributed by atoms with Gasteiger partial charge in [-0.15, -0.1) is 0 Å². The molecule has 0 amide bonds. The fraction of sp³-hybridized carbons (Fsp3) is 0.200. The van der Waals surface area contributed by atoms with E-state index in [-0.39, 0.29) is 0 Å². The molecule has 2 aromatic carbocycles. The summed E-state index contributed by atoms with van der Waals surface area (Å²) >= 11 is 0. The van der Waals surface area contributed by atoms with Gasteiger partial charge in [-0.2, -0.15) is 0 Å². The molecule has 0 aliphatic heterocycles. The van der Waals surface area contributed by atoms with Crippen LogP contribution < -0.4 is 0 Å². The lowest BCUT2D eigenvalue weighted by molar-refractivity contribution is 1.19. The average molecular weight is 204 g/mol. The van der Waals surface area contributed by atoms with Gasteiger partial charge in [-0.05, 0) is 17.5 Å². The molecular formula is C15H20. The van der Waals surface area contributed by atoms with Crippen molar-refractivity contribution in [2.24, 2.45) is 0 Å². The van der Waals surface area contributed by atoms with Gasteiger partial charge >= 0.3 is 0 Å². The van der Waals surface area contributed by atoms with E-state index in [2.05, 4.69) is 60.7 Å². The maximum Gasteiger partial charge on any atom is 0.0194 e. The van der Waals surface area contributed by atoms with Crippen LogP contribution in [0.4, 0.5) is 0 Å². The molecule has 0 heterocycles. The smallest absolute Gasteiger partial charge is 0.0194 e. The molecule has 0 spiro atoms. The summed E-state index contributed by atoms with van der Waals surface area (Å²) in [6.45, 7) is 0. The largest absolute Gasteiger partial charge is 0.0776 e. The Kier molecular flexibility index (Phi) is 4.54. The Labute approximate surface area is 96.4 Å². The van der Waals surface area contributed by atoms with Crippen LogP contribution in [-0.2, 0) is 6.42 Å². The number of rotatable bonds is 2. The summed E-state index contributed by atoms with van der Waals surface area (Å²) in [6, 6.07) is 21.1. The molecular weight excluding hydrogens is 180 g/mol. The second-order valence-corrected chi connectivity index (χ2v) is 3.15. The third-order valence-electron chi connectivity index (χ3n) is 2.09. The first kappa shape index (κ1) is 9.97. The fourth-order valence-electron chi connectivity index (χ4n) is 1.43. The van der Waals surface area contributed by atoms with Crippen molar-refractivity contribution in [1.29, 1.82) is 0 Å². The fourth-order valence-corrected chi connectivity index (χ4v) is 1.43. The van der Waals surface area contributed by atoms with Gasteiger partial charge in [0.05, 0.1) is 0 Å². The predicted octanol–water partition coefficient (Wildman–Crippen LogP) is 4.55. The average Bonchev–Trinajstić information content (AvgIpc) is 2.45. The Morgan fingerprint density at radius 1 is 0.667 bits per heavy atom. The van der Waals surface area contributed by atoms with Crippen LogP contribution in [0.5, 0.6) is 0 Å². The summed E-state index contributed by atoms with van der Waals surface area (Å²) < 4.78 is 11.5. The molecule has 0 unspecified atom stereocenters. The van der Waals surface area contributed by atoms with Crippen LogP contribution in [0.15, 0.2) is 60.7 Å². The highest BCUT2D eigenvalue weighted by Crippen LogP contribution is 2.07. The summed E-state index contributed by atoms with van der Waals surface area (Å²) in [5.74, 6) is 0. The monoisotopic (exact) mass is 204 g/mol. The van der Waals surface area contributed by atoms with E-state index in [0.29, 0.717) is 0 Å². The Morgan fingerprint density at radius 3 is 1.33 bits per heavy atom. The SMILES string of the molecule is [3H]C.[3H]C.c1ccc(Cc2ccccc2)cc1. The van der Waals surface area contributed by atoms with Gasteiger partial charge in [0.2, 0.25) is 0 Å². The summed E-state index contributed by atoms with van der Waals surface area (Å²) in [4.78, 5) is 0. The topological polar surface area (TPSA) is 0 Å². The molecule has 0 bridgehead atoms. The number of hydrogen-bond acceptors (Lipinski definition) is 0. The molecule has 0 heteroatoms. The molecule has 0 atom stereocenters. The first-order chi connectivity index (χ1) is 8.45. The van der Waals surface area contributed by atoms with Crippen molar-refractivity contribution in [1.82, 2.24) is 0 Å². The highest BCUT2D eigenvalue weighted by molar-refractivity contribution is 5.25. The maximum atomic E-state index is 5.75. The molecule has 0 aliphatic rings. The zero-order chi connectivity index (χ0) is 12.9. The van der Waals surface area contributed by atoms with Gasteiger partial charge in [-0.3, -0.25) is 0 Å². The van der Waals surface area contributed by atoms with Gasteiger partial charge in [0.15, 0.2) is 0 Å². The lowest BCUT2D eigenvalue weighted by Gasteiger charge is -2.00. The van der Waals surface area contributed by atoms with Crippen molar-refractivity contribution in [3.8, 4) is 0 Å². The lowest BCUT2D eigenvalue weighted by Crippen LogP contribution is -1.85. The summed E-state index contributed by atoms with van der Waals surface area (Å²) in [5, 5.41) is 0. The maximum absolute atomic E-state index is 5.75. The molecule has 0 fully saturated rings. The van der Waals surface area contributed by atoms with Crippen molar-refractivity contribution in [2.45, 2.75) is 21.2 Å². The van der Waals surface area contributed by atoms with Crippen LogP contribution in [0.25, 0.3) is 0 Å². The Morgan fingerprint density at radius 2 is 1.00 bits per heavy atom. The molecule has 0 nitrogen and oxygen atoms in total. The molecule has 15 heavy (non-hydrogen) atoms. The van der Waals surface area contributed by atoms with E-state index >= 15 is 0 Å². The standard InChI is InChI=1S/C13H12.2CH4/c1-3-7-12(8-4-1)11-13-9-5-2-6-10-13;;/h1-10H,11H2;2*1H4/i;2*1T. The zero-order valence-electron chi connectivity index (χ0n) is 11.5. The van der Waals surface area contributed by atoms with E-state index in [1.807, 2.05) is 0 Å². The van der Waals surface area contributed by atoms with Crippen LogP contribution in [-0.4, -0.2) is 0 Å². The van der Waals surface area contributed by atoms with Gasteiger partial charge in [-0.25, -0.2) is 0 Å². The van der Waals surface area contributed by atoms with E-state index in [4.69, 9.17) is 2.74 Å². The highest BCUT2D eigenvalue weighted by atomic mass is 14.0. The Hall–Kier alpha value is -1.56. The van der Waals surface area contributed by atoms with Crippen molar-refractivity contribution in [3.63, 3.8) is 0 Å². The number of hydrogen-bond donors (Lipinski definition) is 0. The predicted molar refractivity (Wildman–Crippen MR) is 69.2 cm³/mol. The summed E-state index contributed by atoms with van der Waals surface area (Å²) in [5.41, 5.74) is 2.74. The van der Waals surface area contributed by atoms with E-state index in [1.54, 1.807) is 0 Å². The van der Waals surface area contributed by atoms with Crippen molar-refractivity contribution >= 4 is 0 Å². The number of benzene rings is 2. The first-order valence-electron chi connectivity index (χ1n) is 6.53. The third kappa shape index (κ3) is 3.99. The molecule has 0 N–H and O–H groups in total. The minimum absolute atomic E-state index is 1.03. The molecule has 80 valence electrons. The minimum Gasteiger partial charge on any atom is -0.0776 e. The van der Waals surface area contributed by atoms with Crippen LogP contribution in [0.1, 0.15) is 28.7 Å². The lowest BCUT2D eigenvalue weighted by atomic mass is 10.1. The Balaban J connectivity index is 0.000000581. The van der Waals surface area contributed by atoms with Crippen molar-refractivity contribution in [2.75, 3.05) is 0 Å². The molecule has 0 aliphatic carbocycles. The summed E-state index contributed by atoms with van der Waals surface area (Å²) in [6.07, 6.45) is 1.03. The van der Waals surface area contributed by atoms with E-state index < -0.39 is 0 Å². The zero-order valence-corrected chi connectivity index (χ0v) is 9.48. The van der Waals surface area contributed by atoms with Crippen molar-refractivity contribution < 1.29 is 2.74 Å². The molecule has 2 rings (SSSR count). The molecule has 0 saturated carbocycles. The van der Waals surface area contributed by atoms with Crippen LogP contribution in [0.3, 0.4) is 0 Å². The van der Waals surface area contributed by atoms with E-state index in [0.717, 1.165) is 6.42 Å². The van der Waals surface area contributed by atoms with Crippen molar-refractivity contribution in [3.05, 3.63) is 71.8 Å². The van der Waals surface area contributed by atoms with Gasteiger partial charge in [0.1, 0.15) is 0 Å². The second kappa shape index (κ2) is 6.83. The Bertz CT molecular complexity index is 320. The first-order valence-corrected chi connectivity index (χ1v) is 4.53. The normalized spacial score (nSPS) is 9.47. The minimum atomic E-state index is 1.03. The third-order valence-corrected chi connectivity index (χ3v) is 2.09. The van der Waals surface area contributed by atoms with Crippen LogP contribution >= 0.6 is 0 Å². The molecule has 0 saturated heterocycles. The molecule has 2 aromatic rings. The van der Waals surface area contributed by atoms with E-state index in [1.165, 1.54) is 25.9 Å². The van der Waals surface area contributed by atoms with Gasteiger partial charge in [0, 0.05) is 2.74 Å². The second-order valence-electron chi connectivity index (χ2n) is 3.15. The molecule has 0 aromatic heterocycles. The van der Waals surface area contributed by atoms with Crippen LogP contribution in [0, 0.1) is 0 Å². The highest BCUT2D eigenvalue weighted by Gasteiger charge is 1.92. The van der Waals surface area contributed by atoms with Crippen LogP contribution in [0.2, 0.25) is 0 Å². The van der Waals surface area contributed by atoms with Gasteiger partial charge in [0.25, 0.3) is 0 Å². The molecule has 0 radical (unpaired) electrons. The quantitative estimate of drug-likeness (QED) is 0.673. The summed E-state index contributed by atoms with van der Waals surface area (Å²) in [7, 11) is 2.50. The van der Waals surface area contributed by atoms with Gasteiger partial charge < -0.3 is 0 Å².